The van der Waals surface area contributed by atoms with Gasteiger partial charge in [-0.15, -0.1) is 6.54 Å². The molecule has 0 aliphatic carbocycles. The molecule has 0 radical (unpaired) electrons. The summed E-state index contributed by atoms with van der Waals surface area (Å²) in [7, 11) is 0. The van der Waals surface area contributed by atoms with E-state index in [-0.39, 0.29) is 0 Å². The van der Waals surface area contributed by atoms with Gasteiger partial charge in [0.1, 0.15) is 0 Å². The van der Waals surface area contributed by atoms with Gasteiger partial charge >= 0.3 is 0 Å². The second-order valence-corrected chi connectivity index (χ2v) is 2.76. The van der Waals surface area contributed by atoms with Crippen molar-refractivity contribution in [1.29, 1.82) is 0 Å². The molecule has 54 valence electrons. The van der Waals surface area contributed by atoms with E-state index in [9.17, 15) is 0 Å². The van der Waals surface area contributed by atoms with Crippen LogP contribution >= 0.6 is 0 Å². The monoisotopic (exact) mass is 127 g/mol. The number of rotatable bonds is 2. The molecule has 1 aliphatic heterocycles. The molecule has 0 N–H and O–H groups in total. The summed E-state index contributed by atoms with van der Waals surface area (Å²) in [6.45, 7) is 7.66. The molecular weight excluding hydrogens is 112 g/mol. The quantitative estimate of drug-likeness (QED) is 0.551. The molecule has 0 saturated carbocycles. The smallest absolute Gasteiger partial charge is 0.0170 e. The molecule has 1 heterocycles. The van der Waals surface area contributed by atoms with Gasteiger partial charge in [-0.2, -0.15) is 0 Å². The zero-order valence-corrected chi connectivity index (χ0v) is 6.30. The Morgan fingerprint density at radius 3 is 2.89 bits per heavy atom. The van der Waals surface area contributed by atoms with Crippen molar-refractivity contribution in [1.82, 2.24) is 5.01 Å². The Kier molecular flexibility index (Phi) is 2.49. The maximum absolute atomic E-state index is 4.31. The van der Waals surface area contributed by atoms with E-state index in [1.165, 1.54) is 19.5 Å². The number of hydrogen-bond donors (Lipinski definition) is 0. The zero-order chi connectivity index (χ0) is 6.69. The van der Waals surface area contributed by atoms with Crippen LogP contribution in [0.1, 0.15) is 20.3 Å². The summed E-state index contributed by atoms with van der Waals surface area (Å²) in [5.41, 5.74) is 4.31. The minimum Gasteiger partial charge on any atom is -0.595 e. The molecular formula is C7H15N2-. The molecule has 2 nitrogen and oxygen atoms in total. The van der Waals surface area contributed by atoms with Crippen LogP contribution in [-0.2, 0) is 0 Å². The van der Waals surface area contributed by atoms with Crippen LogP contribution in [0.2, 0.25) is 0 Å². The molecule has 0 amide bonds. The van der Waals surface area contributed by atoms with Crippen molar-refractivity contribution < 1.29 is 0 Å². The van der Waals surface area contributed by atoms with E-state index in [0.29, 0.717) is 0 Å². The third kappa shape index (κ3) is 1.95. The van der Waals surface area contributed by atoms with E-state index >= 15 is 0 Å². The van der Waals surface area contributed by atoms with E-state index in [2.05, 4.69) is 24.3 Å². The van der Waals surface area contributed by atoms with Gasteiger partial charge in [0.2, 0.25) is 0 Å². The Morgan fingerprint density at radius 2 is 2.44 bits per heavy atom. The molecule has 1 rings (SSSR count). The predicted octanol–water partition coefficient (Wildman–Crippen LogP) is 1.64. The average molecular weight is 127 g/mol. The fourth-order valence-electron chi connectivity index (χ4n) is 1.24. The maximum atomic E-state index is 4.31. The molecule has 1 aliphatic rings. The minimum absolute atomic E-state index is 0.861. The predicted molar refractivity (Wildman–Crippen MR) is 39.3 cm³/mol. The van der Waals surface area contributed by atoms with Gasteiger partial charge in [-0.3, -0.25) is 0 Å². The molecule has 1 atom stereocenters. The number of nitrogens with zero attached hydrogens (tertiary/aromatic N) is 2. The lowest BCUT2D eigenvalue weighted by atomic mass is 10.2. The summed E-state index contributed by atoms with van der Waals surface area (Å²) in [5, 5.41) is 2.19. The Hall–Kier alpha value is -0.0800. The van der Waals surface area contributed by atoms with Crippen LogP contribution in [0.15, 0.2) is 0 Å². The summed E-state index contributed by atoms with van der Waals surface area (Å²) in [4.78, 5) is 0. The number of hydrogen-bond acceptors (Lipinski definition) is 1. The van der Waals surface area contributed by atoms with Gasteiger partial charge in [0.05, 0.1) is 0 Å². The highest BCUT2D eigenvalue weighted by molar-refractivity contribution is 4.81. The lowest BCUT2D eigenvalue weighted by Crippen LogP contribution is -2.14. The van der Waals surface area contributed by atoms with Crippen molar-refractivity contribution in [2.24, 2.45) is 5.92 Å². The summed E-state index contributed by atoms with van der Waals surface area (Å²) in [6.07, 6.45) is 1.32. The Bertz CT molecular complexity index is 81.0. The molecule has 0 aromatic heterocycles. The average Bonchev–Trinajstić information content (AvgIpc) is 2.17. The Balaban J connectivity index is 2.14. The molecule has 0 aromatic rings. The second kappa shape index (κ2) is 3.18. The topological polar surface area (TPSA) is 17.3 Å². The highest BCUT2D eigenvalue weighted by Gasteiger charge is 2.10. The van der Waals surface area contributed by atoms with Gasteiger partial charge in [-0.1, -0.05) is 13.8 Å². The molecule has 0 bridgehead atoms. The van der Waals surface area contributed by atoms with Crippen molar-refractivity contribution in [2.75, 3.05) is 19.6 Å². The first-order valence-corrected chi connectivity index (χ1v) is 3.75. The zero-order valence-electron chi connectivity index (χ0n) is 6.30. The first-order chi connectivity index (χ1) is 4.33. The van der Waals surface area contributed by atoms with Crippen molar-refractivity contribution in [3.8, 4) is 0 Å². The van der Waals surface area contributed by atoms with E-state index in [1.54, 1.807) is 0 Å². The summed E-state index contributed by atoms with van der Waals surface area (Å²) >= 11 is 0. The van der Waals surface area contributed by atoms with Gasteiger partial charge in [-0.05, 0) is 25.4 Å². The third-order valence-corrected chi connectivity index (χ3v) is 1.74. The molecule has 1 unspecified atom stereocenters. The minimum atomic E-state index is 0.861. The van der Waals surface area contributed by atoms with E-state index in [4.69, 9.17) is 0 Å². The van der Waals surface area contributed by atoms with Crippen molar-refractivity contribution in [2.45, 2.75) is 20.3 Å². The SMILES string of the molecule is CC[N-]N1CCC(C)C1. The van der Waals surface area contributed by atoms with Gasteiger partial charge in [-0.25, -0.2) is 0 Å². The lowest BCUT2D eigenvalue weighted by molar-refractivity contribution is 0.408. The van der Waals surface area contributed by atoms with Gasteiger partial charge in [0.15, 0.2) is 0 Å². The van der Waals surface area contributed by atoms with Crippen molar-refractivity contribution in [3.63, 3.8) is 0 Å². The maximum Gasteiger partial charge on any atom is -0.0170 e. The van der Waals surface area contributed by atoms with Crippen molar-refractivity contribution in [3.05, 3.63) is 5.43 Å². The van der Waals surface area contributed by atoms with E-state index in [1.807, 2.05) is 0 Å². The van der Waals surface area contributed by atoms with Gasteiger partial charge in [0.25, 0.3) is 0 Å². The first kappa shape index (κ1) is 7.03. The molecule has 1 fully saturated rings. The van der Waals surface area contributed by atoms with Crippen LogP contribution < -0.4 is 0 Å². The summed E-state index contributed by atoms with van der Waals surface area (Å²) in [5.74, 6) is 0.861. The molecule has 1 saturated heterocycles. The van der Waals surface area contributed by atoms with E-state index in [0.717, 1.165) is 12.5 Å². The molecule has 9 heavy (non-hydrogen) atoms. The normalized spacial score (nSPS) is 29.3. The summed E-state index contributed by atoms with van der Waals surface area (Å²) in [6, 6.07) is 0. The standard InChI is InChI=1S/C7H15N2/c1-3-8-9-5-4-7(2)6-9/h7H,3-6H2,1-2H3/q-1. The summed E-state index contributed by atoms with van der Waals surface area (Å²) < 4.78 is 0. The van der Waals surface area contributed by atoms with Crippen LogP contribution in [0.25, 0.3) is 5.43 Å². The fourth-order valence-corrected chi connectivity index (χ4v) is 1.24. The van der Waals surface area contributed by atoms with E-state index < -0.39 is 0 Å². The van der Waals surface area contributed by atoms with Crippen LogP contribution in [0.4, 0.5) is 0 Å². The second-order valence-electron chi connectivity index (χ2n) is 2.76. The largest absolute Gasteiger partial charge is 0.595 e. The molecule has 2 heteroatoms. The lowest BCUT2D eigenvalue weighted by Gasteiger charge is -2.31. The molecule has 0 spiro atoms. The fraction of sp³-hybridized carbons (Fsp3) is 1.00. The van der Waals surface area contributed by atoms with Crippen LogP contribution in [0.5, 0.6) is 0 Å². The van der Waals surface area contributed by atoms with Crippen molar-refractivity contribution >= 4 is 0 Å². The van der Waals surface area contributed by atoms with Crippen LogP contribution in [0, 0.1) is 5.92 Å². The highest BCUT2D eigenvalue weighted by atomic mass is 15.5. The molecule has 0 aromatic carbocycles. The van der Waals surface area contributed by atoms with Gasteiger partial charge < -0.3 is 10.4 Å². The highest BCUT2D eigenvalue weighted by Crippen LogP contribution is 2.17. The van der Waals surface area contributed by atoms with Crippen LogP contribution in [0.3, 0.4) is 0 Å². The first-order valence-electron chi connectivity index (χ1n) is 3.75. The third-order valence-electron chi connectivity index (χ3n) is 1.74. The van der Waals surface area contributed by atoms with Crippen LogP contribution in [-0.4, -0.2) is 24.6 Å². The Labute approximate surface area is 57.2 Å². The van der Waals surface area contributed by atoms with Gasteiger partial charge in [0, 0.05) is 0 Å². The Morgan fingerprint density at radius 1 is 1.67 bits per heavy atom.